The van der Waals surface area contributed by atoms with Gasteiger partial charge in [-0.05, 0) is 50.6 Å². The average molecular weight is 361 g/mol. The largest absolute Gasteiger partial charge is 0.383 e. The molecule has 0 aromatic carbocycles. The monoisotopic (exact) mass is 360 g/mol. The van der Waals surface area contributed by atoms with Gasteiger partial charge in [-0.2, -0.15) is 0 Å². The smallest absolute Gasteiger partial charge is 0.131 e. The Kier molecular flexibility index (Phi) is 7.00. The molecule has 144 valence electrons. The Morgan fingerprint density at radius 1 is 1.15 bits per heavy atom. The molecule has 26 heavy (non-hydrogen) atoms. The molecule has 1 fully saturated rings. The van der Waals surface area contributed by atoms with Gasteiger partial charge in [-0.3, -0.25) is 0 Å². The number of rotatable bonds is 10. The Morgan fingerprint density at radius 2 is 2.00 bits per heavy atom. The van der Waals surface area contributed by atoms with Crippen molar-refractivity contribution in [3.63, 3.8) is 0 Å². The van der Waals surface area contributed by atoms with Crippen molar-refractivity contribution >= 4 is 11.4 Å². The minimum absolute atomic E-state index is 0.596. The molecule has 5 heteroatoms. The summed E-state index contributed by atoms with van der Waals surface area (Å²) in [5.74, 6) is 1.57. The number of hydrogen-bond donors (Lipinski definition) is 1. The lowest BCUT2D eigenvalue weighted by molar-refractivity contribution is 0.283. The molecule has 2 aliphatic rings. The number of unbranched alkanes of at least 4 members (excludes halogenated alkanes) is 4. The molecular weight excluding hydrogens is 327 g/mol. The Morgan fingerprint density at radius 3 is 2.77 bits per heavy atom. The van der Waals surface area contributed by atoms with Crippen LogP contribution in [0.3, 0.4) is 0 Å². The highest BCUT2D eigenvalue weighted by Crippen LogP contribution is 2.32. The number of fused-ring (bicyclic) bond motifs is 1. The van der Waals surface area contributed by atoms with Crippen LogP contribution in [0.25, 0.3) is 5.57 Å². The molecule has 0 radical (unpaired) electrons. The van der Waals surface area contributed by atoms with Gasteiger partial charge in [-0.25, -0.2) is 14.4 Å². The number of aromatic nitrogens is 2. The van der Waals surface area contributed by atoms with E-state index in [4.69, 9.17) is 10.7 Å². The molecule has 3 rings (SSSR count). The van der Waals surface area contributed by atoms with Crippen LogP contribution in [-0.4, -0.2) is 40.7 Å². The fourth-order valence-electron chi connectivity index (χ4n) is 4.00. The molecule has 0 saturated carbocycles. The summed E-state index contributed by atoms with van der Waals surface area (Å²) < 4.78 is 13.2. The number of halogens is 1. The number of nitrogens with two attached hydrogens (primary N) is 1. The first-order chi connectivity index (χ1) is 12.7. The van der Waals surface area contributed by atoms with Crippen LogP contribution >= 0.6 is 0 Å². The number of allylic oxidation sites excluding steroid dienone is 2. The van der Waals surface area contributed by atoms with Crippen LogP contribution in [0.4, 0.5) is 10.2 Å². The normalized spacial score (nSPS) is 19.8. The van der Waals surface area contributed by atoms with Gasteiger partial charge in [-0.15, -0.1) is 0 Å². The molecule has 1 aliphatic heterocycles. The molecule has 1 saturated heterocycles. The van der Waals surface area contributed by atoms with Crippen LogP contribution in [0, 0.1) is 0 Å². The lowest BCUT2D eigenvalue weighted by Crippen LogP contribution is -2.22. The van der Waals surface area contributed by atoms with Crippen LogP contribution < -0.4 is 5.73 Å². The molecule has 0 unspecified atom stereocenters. The summed E-state index contributed by atoms with van der Waals surface area (Å²) in [6, 6.07) is 0. The highest BCUT2D eigenvalue weighted by atomic mass is 19.1. The van der Waals surface area contributed by atoms with Crippen LogP contribution in [0.1, 0.15) is 75.4 Å². The van der Waals surface area contributed by atoms with Crippen molar-refractivity contribution in [3.8, 4) is 0 Å². The second-order valence-corrected chi connectivity index (χ2v) is 7.74. The van der Waals surface area contributed by atoms with E-state index in [1.54, 1.807) is 0 Å². The van der Waals surface area contributed by atoms with E-state index in [9.17, 15) is 4.39 Å². The number of nitrogen functional groups attached to an aromatic ring is 1. The van der Waals surface area contributed by atoms with Gasteiger partial charge in [0.15, 0.2) is 0 Å². The van der Waals surface area contributed by atoms with E-state index in [0.717, 1.165) is 68.7 Å². The third-order valence-electron chi connectivity index (χ3n) is 5.58. The number of anilines is 1. The van der Waals surface area contributed by atoms with Gasteiger partial charge >= 0.3 is 0 Å². The second kappa shape index (κ2) is 9.45. The minimum Gasteiger partial charge on any atom is -0.383 e. The van der Waals surface area contributed by atoms with Crippen molar-refractivity contribution < 1.29 is 4.39 Å². The minimum atomic E-state index is -0.596. The van der Waals surface area contributed by atoms with Crippen LogP contribution in [0.15, 0.2) is 6.08 Å². The summed E-state index contributed by atoms with van der Waals surface area (Å²) in [6.45, 7) is 4.82. The lowest BCUT2D eigenvalue weighted by Gasteiger charge is -2.14. The second-order valence-electron chi connectivity index (χ2n) is 7.74. The average Bonchev–Trinajstić information content (AvgIpc) is 3.22. The molecule has 0 amide bonds. The Bertz CT molecular complexity index is 629. The summed E-state index contributed by atoms with van der Waals surface area (Å²) >= 11 is 0. The van der Waals surface area contributed by atoms with Gasteiger partial charge in [0.05, 0.1) is 5.69 Å². The van der Waals surface area contributed by atoms with Gasteiger partial charge in [0.25, 0.3) is 0 Å². The standard InChI is InChI=1S/C21H33FN4/c1-2-3-9-19-24-20-16(10-11-18(20)21(23)25-19)8-6-4-5-7-13-26-14-12-17(22)15-26/h10,17H,2-9,11-15H2,1H3,(H2,23,24,25)/t17-/m0/s1. The SMILES string of the molecule is CCCCc1nc(N)c2c(n1)C(CCCCCCN1CC[C@H](F)C1)=CC2. The first-order valence-corrected chi connectivity index (χ1v) is 10.4. The summed E-state index contributed by atoms with van der Waals surface area (Å²) in [7, 11) is 0. The fraction of sp³-hybridized carbons (Fsp3) is 0.714. The lowest BCUT2D eigenvalue weighted by atomic mass is 10.0. The summed E-state index contributed by atoms with van der Waals surface area (Å²) in [5, 5.41) is 0. The van der Waals surface area contributed by atoms with E-state index >= 15 is 0 Å². The molecule has 1 aliphatic carbocycles. The topological polar surface area (TPSA) is 55.0 Å². The van der Waals surface area contributed by atoms with E-state index in [1.165, 1.54) is 31.3 Å². The van der Waals surface area contributed by atoms with E-state index in [1.807, 2.05) is 0 Å². The quantitative estimate of drug-likeness (QED) is 0.631. The Balaban J connectivity index is 1.41. The van der Waals surface area contributed by atoms with E-state index in [0.29, 0.717) is 12.4 Å². The Hall–Kier alpha value is -1.49. The zero-order valence-corrected chi connectivity index (χ0v) is 16.1. The molecule has 1 atom stereocenters. The summed E-state index contributed by atoms with van der Waals surface area (Å²) in [4.78, 5) is 11.6. The molecule has 1 aromatic rings. The van der Waals surface area contributed by atoms with Gasteiger partial charge in [0.1, 0.15) is 17.8 Å². The van der Waals surface area contributed by atoms with Gasteiger partial charge in [0, 0.05) is 25.1 Å². The zero-order valence-electron chi connectivity index (χ0n) is 16.1. The first kappa shape index (κ1) is 19.3. The van der Waals surface area contributed by atoms with Gasteiger partial charge in [0.2, 0.25) is 0 Å². The molecule has 0 bridgehead atoms. The molecule has 2 heterocycles. The third kappa shape index (κ3) is 5.03. The van der Waals surface area contributed by atoms with Crippen molar-refractivity contribution in [1.82, 2.24) is 14.9 Å². The molecular formula is C21H33FN4. The van der Waals surface area contributed by atoms with Gasteiger partial charge in [-0.1, -0.05) is 32.3 Å². The van der Waals surface area contributed by atoms with Crippen LogP contribution in [0.2, 0.25) is 0 Å². The van der Waals surface area contributed by atoms with Gasteiger partial charge < -0.3 is 10.6 Å². The molecule has 2 N–H and O–H groups in total. The predicted octanol–water partition coefficient (Wildman–Crippen LogP) is 4.34. The molecule has 4 nitrogen and oxygen atoms in total. The van der Waals surface area contributed by atoms with E-state index in [2.05, 4.69) is 22.9 Å². The number of alkyl halides is 1. The molecule has 0 spiro atoms. The van der Waals surface area contributed by atoms with Crippen molar-refractivity contribution in [2.24, 2.45) is 0 Å². The van der Waals surface area contributed by atoms with Crippen LogP contribution in [0.5, 0.6) is 0 Å². The first-order valence-electron chi connectivity index (χ1n) is 10.4. The maximum absolute atomic E-state index is 13.2. The number of likely N-dealkylation sites (tertiary alicyclic amines) is 1. The summed E-state index contributed by atoms with van der Waals surface area (Å²) in [6.07, 6.45) is 12.3. The highest BCUT2D eigenvalue weighted by molar-refractivity contribution is 5.73. The van der Waals surface area contributed by atoms with Crippen LogP contribution in [-0.2, 0) is 12.8 Å². The highest BCUT2D eigenvalue weighted by Gasteiger charge is 2.21. The number of aryl methyl sites for hydroxylation is 1. The maximum Gasteiger partial charge on any atom is 0.131 e. The number of hydrogen-bond acceptors (Lipinski definition) is 4. The van der Waals surface area contributed by atoms with E-state index < -0.39 is 6.17 Å². The Labute approximate surface area is 157 Å². The molecule has 1 aromatic heterocycles. The predicted molar refractivity (Wildman–Crippen MR) is 106 cm³/mol. The number of nitrogens with zero attached hydrogens (tertiary/aromatic N) is 3. The summed E-state index contributed by atoms with van der Waals surface area (Å²) in [5.41, 5.74) is 9.73. The van der Waals surface area contributed by atoms with Crippen molar-refractivity contribution in [1.29, 1.82) is 0 Å². The van der Waals surface area contributed by atoms with Crippen molar-refractivity contribution in [2.75, 3.05) is 25.4 Å². The fourth-order valence-corrected chi connectivity index (χ4v) is 4.00. The maximum atomic E-state index is 13.2. The van der Waals surface area contributed by atoms with E-state index in [-0.39, 0.29) is 0 Å². The van der Waals surface area contributed by atoms with Crippen molar-refractivity contribution in [2.45, 2.75) is 77.3 Å². The van der Waals surface area contributed by atoms with Crippen molar-refractivity contribution in [3.05, 3.63) is 23.2 Å². The third-order valence-corrected chi connectivity index (χ3v) is 5.58. The zero-order chi connectivity index (χ0) is 18.4.